The van der Waals surface area contributed by atoms with E-state index in [9.17, 15) is 4.79 Å². The van der Waals surface area contributed by atoms with E-state index in [1.807, 2.05) is 0 Å². The molecule has 5 heteroatoms. The standard InChI is InChI=1S/C8H13N3O2/c1-11-3-2-9-6(5-11)7-4-8(12)10-13-7/h4,6,9H,2-3,5H2,1H3,(H,10,12). The second kappa shape index (κ2) is 3.35. The number of H-pyrrole nitrogens is 1. The summed E-state index contributed by atoms with van der Waals surface area (Å²) in [6.45, 7) is 2.84. The maximum absolute atomic E-state index is 10.8. The van der Waals surface area contributed by atoms with Gasteiger partial charge in [0.05, 0.1) is 6.04 Å². The third-order valence-electron chi connectivity index (χ3n) is 2.26. The highest BCUT2D eigenvalue weighted by molar-refractivity contribution is 5.03. The molecule has 1 atom stereocenters. The van der Waals surface area contributed by atoms with Crippen LogP contribution in [0.25, 0.3) is 0 Å². The number of hydrogen-bond donors (Lipinski definition) is 2. The smallest absolute Gasteiger partial charge is 0.280 e. The van der Waals surface area contributed by atoms with Crippen molar-refractivity contribution in [1.29, 1.82) is 0 Å². The molecule has 5 nitrogen and oxygen atoms in total. The molecule has 13 heavy (non-hydrogen) atoms. The molecule has 1 saturated heterocycles. The quantitative estimate of drug-likeness (QED) is 0.618. The summed E-state index contributed by atoms with van der Waals surface area (Å²) >= 11 is 0. The molecule has 0 bridgehead atoms. The van der Waals surface area contributed by atoms with Gasteiger partial charge in [0.2, 0.25) is 0 Å². The van der Waals surface area contributed by atoms with Gasteiger partial charge in [-0.1, -0.05) is 0 Å². The van der Waals surface area contributed by atoms with Gasteiger partial charge >= 0.3 is 0 Å². The number of aromatic amines is 1. The van der Waals surface area contributed by atoms with Crippen LogP contribution in [0.1, 0.15) is 11.8 Å². The molecule has 1 aliphatic heterocycles. The second-order valence-electron chi connectivity index (χ2n) is 3.38. The van der Waals surface area contributed by atoms with E-state index in [2.05, 4.69) is 22.4 Å². The summed E-state index contributed by atoms with van der Waals surface area (Å²) in [6.07, 6.45) is 0. The van der Waals surface area contributed by atoms with Crippen molar-refractivity contribution >= 4 is 0 Å². The molecule has 72 valence electrons. The van der Waals surface area contributed by atoms with Crippen molar-refractivity contribution < 1.29 is 4.52 Å². The Labute approximate surface area is 75.7 Å². The summed E-state index contributed by atoms with van der Waals surface area (Å²) < 4.78 is 5.03. The predicted molar refractivity (Wildman–Crippen MR) is 47.6 cm³/mol. The lowest BCUT2D eigenvalue weighted by Gasteiger charge is -2.29. The van der Waals surface area contributed by atoms with Crippen molar-refractivity contribution in [2.75, 3.05) is 26.7 Å². The fourth-order valence-electron chi connectivity index (χ4n) is 1.56. The van der Waals surface area contributed by atoms with Gasteiger partial charge in [0.1, 0.15) is 0 Å². The lowest BCUT2D eigenvalue weighted by molar-refractivity contribution is 0.212. The number of likely N-dealkylation sites (N-methyl/N-ethyl adjacent to an activating group) is 1. The second-order valence-corrected chi connectivity index (χ2v) is 3.38. The van der Waals surface area contributed by atoms with E-state index in [0.29, 0.717) is 5.76 Å². The van der Waals surface area contributed by atoms with Gasteiger partial charge in [-0.3, -0.25) is 4.79 Å². The van der Waals surface area contributed by atoms with Crippen molar-refractivity contribution in [3.8, 4) is 0 Å². The average Bonchev–Trinajstić information content (AvgIpc) is 2.52. The van der Waals surface area contributed by atoms with Gasteiger partial charge < -0.3 is 14.7 Å². The van der Waals surface area contributed by atoms with Gasteiger partial charge in [-0.15, -0.1) is 0 Å². The molecule has 1 unspecified atom stereocenters. The van der Waals surface area contributed by atoms with Crippen LogP contribution in [-0.2, 0) is 0 Å². The highest BCUT2D eigenvalue weighted by Crippen LogP contribution is 2.13. The van der Waals surface area contributed by atoms with Crippen molar-refractivity contribution in [3.63, 3.8) is 0 Å². The van der Waals surface area contributed by atoms with Crippen LogP contribution in [0, 0.1) is 0 Å². The van der Waals surface area contributed by atoms with E-state index >= 15 is 0 Å². The highest BCUT2D eigenvalue weighted by Gasteiger charge is 2.21. The Bertz CT molecular complexity index is 330. The number of piperazine rings is 1. The summed E-state index contributed by atoms with van der Waals surface area (Å²) in [7, 11) is 2.05. The average molecular weight is 183 g/mol. The predicted octanol–water partition coefficient (Wildman–Crippen LogP) is -0.456. The minimum Gasteiger partial charge on any atom is -0.382 e. The van der Waals surface area contributed by atoms with Crippen LogP contribution in [0.3, 0.4) is 0 Å². The van der Waals surface area contributed by atoms with Crippen LogP contribution in [0.2, 0.25) is 0 Å². The van der Waals surface area contributed by atoms with Gasteiger partial charge in [0.25, 0.3) is 5.56 Å². The van der Waals surface area contributed by atoms with Gasteiger partial charge in [-0.2, -0.15) is 5.16 Å². The van der Waals surface area contributed by atoms with Crippen LogP contribution in [-0.4, -0.2) is 36.7 Å². The van der Waals surface area contributed by atoms with E-state index < -0.39 is 0 Å². The first-order chi connectivity index (χ1) is 6.25. The minimum absolute atomic E-state index is 0.137. The first-order valence-electron chi connectivity index (χ1n) is 4.36. The Morgan fingerprint density at radius 2 is 2.54 bits per heavy atom. The molecule has 0 radical (unpaired) electrons. The number of nitrogens with zero attached hydrogens (tertiary/aromatic N) is 1. The summed E-state index contributed by atoms with van der Waals surface area (Å²) in [4.78, 5) is 13.0. The third kappa shape index (κ3) is 1.81. The number of nitrogens with one attached hydrogen (secondary N) is 2. The van der Waals surface area contributed by atoms with Crippen molar-refractivity contribution in [2.45, 2.75) is 6.04 Å². The zero-order chi connectivity index (χ0) is 9.26. The molecule has 1 fully saturated rings. The van der Waals surface area contributed by atoms with Gasteiger partial charge in [-0.25, -0.2) is 0 Å². The number of hydrogen-bond acceptors (Lipinski definition) is 4. The molecule has 1 aromatic rings. The minimum atomic E-state index is -0.176. The zero-order valence-corrected chi connectivity index (χ0v) is 7.54. The first-order valence-corrected chi connectivity index (χ1v) is 4.36. The summed E-state index contributed by atoms with van der Waals surface area (Å²) in [5.41, 5.74) is -0.176. The molecule has 0 aromatic carbocycles. The maximum atomic E-state index is 10.8. The fourth-order valence-corrected chi connectivity index (χ4v) is 1.56. The van der Waals surface area contributed by atoms with Gasteiger partial charge in [0.15, 0.2) is 5.76 Å². The largest absolute Gasteiger partial charge is 0.382 e. The van der Waals surface area contributed by atoms with E-state index in [4.69, 9.17) is 4.52 Å². The zero-order valence-electron chi connectivity index (χ0n) is 7.54. The number of rotatable bonds is 1. The molecule has 1 aliphatic rings. The van der Waals surface area contributed by atoms with Crippen LogP contribution >= 0.6 is 0 Å². The topological polar surface area (TPSA) is 61.3 Å². The van der Waals surface area contributed by atoms with E-state index in [-0.39, 0.29) is 11.6 Å². The Morgan fingerprint density at radius 1 is 1.69 bits per heavy atom. The van der Waals surface area contributed by atoms with Crippen molar-refractivity contribution in [1.82, 2.24) is 15.4 Å². The molecular weight excluding hydrogens is 170 g/mol. The molecule has 1 aromatic heterocycles. The Hall–Kier alpha value is -1.07. The Morgan fingerprint density at radius 3 is 3.15 bits per heavy atom. The Kier molecular flexibility index (Phi) is 2.20. The van der Waals surface area contributed by atoms with Crippen molar-refractivity contribution in [2.24, 2.45) is 0 Å². The van der Waals surface area contributed by atoms with Crippen LogP contribution in [0.5, 0.6) is 0 Å². The van der Waals surface area contributed by atoms with Crippen LogP contribution in [0.15, 0.2) is 15.4 Å². The van der Waals surface area contributed by atoms with E-state index in [1.54, 1.807) is 0 Å². The van der Waals surface area contributed by atoms with Crippen molar-refractivity contribution in [3.05, 3.63) is 22.2 Å². The summed E-state index contributed by atoms with van der Waals surface area (Å²) in [5, 5.41) is 5.58. The van der Waals surface area contributed by atoms with E-state index in [0.717, 1.165) is 19.6 Å². The molecule has 0 amide bonds. The van der Waals surface area contributed by atoms with Gasteiger partial charge in [-0.05, 0) is 7.05 Å². The summed E-state index contributed by atoms with van der Waals surface area (Å²) in [6, 6.07) is 1.63. The lowest BCUT2D eigenvalue weighted by Crippen LogP contribution is -2.43. The SMILES string of the molecule is CN1CCNC(c2cc(=O)[nH]o2)C1. The fraction of sp³-hybridized carbons (Fsp3) is 0.625. The molecule has 2 N–H and O–H groups in total. The monoisotopic (exact) mass is 183 g/mol. The molecule has 2 heterocycles. The normalized spacial score (nSPS) is 24.8. The maximum Gasteiger partial charge on any atom is 0.280 e. The van der Waals surface area contributed by atoms with Crippen LogP contribution in [0.4, 0.5) is 0 Å². The molecule has 0 spiro atoms. The summed E-state index contributed by atoms with van der Waals surface area (Å²) in [5.74, 6) is 0.691. The first kappa shape index (κ1) is 8.52. The van der Waals surface area contributed by atoms with E-state index in [1.165, 1.54) is 6.07 Å². The molecule has 0 aliphatic carbocycles. The lowest BCUT2D eigenvalue weighted by atomic mass is 10.2. The molecule has 0 saturated carbocycles. The molecule has 2 rings (SSSR count). The number of aromatic nitrogens is 1. The van der Waals surface area contributed by atoms with Gasteiger partial charge in [0, 0.05) is 25.7 Å². The highest BCUT2D eigenvalue weighted by atomic mass is 16.5. The third-order valence-corrected chi connectivity index (χ3v) is 2.26. The Balaban J connectivity index is 2.12. The van der Waals surface area contributed by atoms with Crippen LogP contribution < -0.4 is 10.9 Å². The molecular formula is C8H13N3O2.